The number of anilines is 1. The molecule has 10 heteroatoms. The summed E-state index contributed by atoms with van der Waals surface area (Å²) in [6.45, 7) is 2.99. The van der Waals surface area contributed by atoms with E-state index in [1.165, 1.54) is 7.11 Å². The zero-order valence-corrected chi connectivity index (χ0v) is 17.6. The van der Waals surface area contributed by atoms with E-state index in [4.69, 9.17) is 16.3 Å². The first-order valence-corrected chi connectivity index (χ1v) is 9.66. The Morgan fingerprint density at radius 2 is 2.03 bits per heavy atom. The van der Waals surface area contributed by atoms with Crippen LogP contribution >= 0.6 is 11.6 Å². The Kier molecular flexibility index (Phi) is 6.45. The highest BCUT2D eigenvalue weighted by molar-refractivity contribution is 6.30. The monoisotopic (exact) mass is 433 g/mol. The number of hydrogen-bond donors (Lipinski definition) is 5. The van der Waals surface area contributed by atoms with Crippen molar-refractivity contribution in [3.05, 3.63) is 46.6 Å². The Morgan fingerprint density at radius 1 is 1.33 bits per heavy atom. The average Bonchev–Trinajstić information content (AvgIpc) is 3.09. The number of rotatable bonds is 7. The summed E-state index contributed by atoms with van der Waals surface area (Å²) in [5.74, 6) is 0.541. The number of nitrogens with one attached hydrogen (secondary N) is 3. The van der Waals surface area contributed by atoms with E-state index in [0.29, 0.717) is 27.5 Å². The number of halogens is 1. The number of nitrogens with zero attached hydrogens (tertiary/aromatic N) is 2. The lowest BCUT2D eigenvalue weighted by molar-refractivity contribution is 0.0605. The van der Waals surface area contributed by atoms with Crippen LogP contribution in [0.1, 0.15) is 37.6 Å². The van der Waals surface area contributed by atoms with Gasteiger partial charge in [0.15, 0.2) is 0 Å². The van der Waals surface area contributed by atoms with E-state index in [0.717, 1.165) is 5.56 Å². The van der Waals surface area contributed by atoms with Gasteiger partial charge in [0.1, 0.15) is 5.82 Å². The molecule has 0 aliphatic rings. The molecule has 2 amide bonds. The second-order valence-electron chi connectivity index (χ2n) is 7.49. The minimum atomic E-state index is -1.01. The van der Waals surface area contributed by atoms with E-state index >= 15 is 0 Å². The first-order chi connectivity index (χ1) is 14.2. The van der Waals surface area contributed by atoms with Crippen LogP contribution in [0.5, 0.6) is 5.88 Å². The second kappa shape index (κ2) is 8.86. The van der Waals surface area contributed by atoms with Gasteiger partial charge in [-0.05, 0) is 31.5 Å². The van der Waals surface area contributed by atoms with E-state index in [2.05, 4.69) is 25.8 Å². The molecule has 0 spiro atoms. The summed E-state index contributed by atoms with van der Waals surface area (Å²) < 4.78 is 5.16. The maximum Gasteiger partial charge on any atom is 0.320 e. The maximum absolute atomic E-state index is 12.7. The Bertz CT molecular complexity index is 1030. The lowest BCUT2D eigenvalue weighted by Crippen LogP contribution is -2.37. The molecular weight excluding hydrogens is 410 g/mol. The molecule has 3 rings (SSSR count). The number of benzene rings is 1. The quantitative estimate of drug-likeness (QED) is 0.389. The number of carbonyl (C=O) groups is 1. The molecule has 0 radical (unpaired) electrons. The number of aromatic amines is 1. The fourth-order valence-electron chi connectivity index (χ4n) is 3.18. The summed E-state index contributed by atoms with van der Waals surface area (Å²) in [6.07, 6.45) is 0.286. The molecule has 0 fully saturated rings. The highest BCUT2D eigenvalue weighted by Crippen LogP contribution is 2.28. The lowest BCUT2D eigenvalue weighted by atomic mass is 9.94. The third kappa shape index (κ3) is 5.18. The van der Waals surface area contributed by atoms with Crippen molar-refractivity contribution in [2.24, 2.45) is 0 Å². The molecule has 160 valence electrons. The van der Waals surface area contributed by atoms with Crippen molar-refractivity contribution in [3.63, 3.8) is 0 Å². The van der Waals surface area contributed by atoms with Crippen molar-refractivity contribution in [2.75, 3.05) is 12.4 Å². The summed E-state index contributed by atoms with van der Waals surface area (Å²) in [5.41, 5.74) is 0.672. The molecule has 0 saturated carbocycles. The molecule has 30 heavy (non-hydrogen) atoms. The van der Waals surface area contributed by atoms with E-state index in [-0.39, 0.29) is 18.8 Å². The predicted molar refractivity (Wildman–Crippen MR) is 114 cm³/mol. The summed E-state index contributed by atoms with van der Waals surface area (Å²) >= 11 is 5.96. The maximum atomic E-state index is 12.7. The fraction of sp³-hybridized carbons (Fsp3) is 0.350. The first-order valence-electron chi connectivity index (χ1n) is 9.28. The van der Waals surface area contributed by atoms with Crippen molar-refractivity contribution < 1.29 is 19.7 Å². The smallest absolute Gasteiger partial charge is 0.320 e. The summed E-state index contributed by atoms with van der Waals surface area (Å²) in [7, 11) is 1.47. The third-order valence-corrected chi connectivity index (χ3v) is 4.70. The van der Waals surface area contributed by atoms with Crippen LogP contribution < -0.4 is 15.4 Å². The molecule has 3 aromatic rings. The first kappa shape index (κ1) is 21.8. The summed E-state index contributed by atoms with van der Waals surface area (Å²) in [6, 6.07) is 7.66. The number of fused-ring (bicyclic) bond motifs is 1. The number of pyridine rings is 1. The largest absolute Gasteiger partial charge is 0.479 e. The molecular formula is C20H24ClN5O4. The molecule has 1 aromatic carbocycles. The van der Waals surface area contributed by atoms with Crippen molar-refractivity contribution in [2.45, 2.75) is 38.5 Å². The van der Waals surface area contributed by atoms with Gasteiger partial charge in [0.05, 0.1) is 42.0 Å². The minimum Gasteiger partial charge on any atom is -0.479 e. The summed E-state index contributed by atoms with van der Waals surface area (Å²) in [5, 5.41) is 33.4. The van der Waals surface area contributed by atoms with Gasteiger partial charge in [-0.15, -0.1) is 5.10 Å². The average molecular weight is 434 g/mol. The third-order valence-electron chi connectivity index (χ3n) is 4.45. The number of ether oxygens (including phenoxy) is 1. The fourth-order valence-corrected chi connectivity index (χ4v) is 3.30. The van der Waals surface area contributed by atoms with Gasteiger partial charge in [0, 0.05) is 17.5 Å². The van der Waals surface area contributed by atoms with Crippen molar-refractivity contribution in [3.8, 4) is 5.88 Å². The van der Waals surface area contributed by atoms with Gasteiger partial charge in [0.2, 0.25) is 5.88 Å². The number of aliphatic hydroxyl groups is 2. The van der Waals surface area contributed by atoms with E-state index in [1.54, 1.807) is 44.2 Å². The minimum absolute atomic E-state index is 0.230. The predicted octanol–water partition coefficient (Wildman–Crippen LogP) is 3.14. The zero-order valence-electron chi connectivity index (χ0n) is 16.9. The lowest BCUT2D eigenvalue weighted by Gasteiger charge is -2.26. The Hall–Kier alpha value is -2.88. The van der Waals surface area contributed by atoms with Gasteiger partial charge in [-0.25, -0.2) is 9.78 Å². The van der Waals surface area contributed by atoms with Gasteiger partial charge < -0.3 is 20.3 Å². The van der Waals surface area contributed by atoms with Gasteiger partial charge >= 0.3 is 6.03 Å². The molecule has 2 heterocycles. The number of aliphatic hydroxyl groups excluding tert-OH is 1. The SMILES string of the molecule is COc1n[nH]c2cc(NC(=O)N[C@@H](CC(C)(C)O)c3ccc(Cl)cc3)nc(CO)c12. The molecule has 0 aliphatic heterocycles. The van der Waals surface area contributed by atoms with E-state index < -0.39 is 17.7 Å². The van der Waals surface area contributed by atoms with E-state index in [9.17, 15) is 15.0 Å². The Balaban J connectivity index is 1.82. The van der Waals surface area contributed by atoms with Crippen LogP contribution in [0.25, 0.3) is 10.9 Å². The Morgan fingerprint density at radius 3 is 2.63 bits per heavy atom. The molecule has 0 unspecified atom stereocenters. The molecule has 0 saturated heterocycles. The number of methoxy groups -OCH3 is 1. The van der Waals surface area contributed by atoms with Crippen LogP contribution in [-0.2, 0) is 6.61 Å². The second-order valence-corrected chi connectivity index (χ2v) is 7.92. The van der Waals surface area contributed by atoms with Crippen molar-refractivity contribution in [1.29, 1.82) is 0 Å². The van der Waals surface area contributed by atoms with Gasteiger partial charge in [0.25, 0.3) is 0 Å². The molecule has 0 aliphatic carbocycles. The van der Waals surface area contributed by atoms with Crippen molar-refractivity contribution in [1.82, 2.24) is 20.5 Å². The molecule has 9 nitrogen and oxygen atoms in total. The van der Waals surface area contributed by atoms with Gasteiger partial charge in [-0.3, -0.25) is 10.4 Å². The van der Waals surface area contributed by atoms with Crippen LogP contribution in [0.4, 0.5) is 10.6 Å². The molecule has 2 aromatic heterocycles. The van der Waals surface area contributed by atoms with Crippen molar-refractivity contribution >= 4 is 34.4 Å². The number of urea groups is 1. The van der Waals surface area contributed by atoms with Crippen LogP contribution in [0.3, 0.4) is 0 Å². The van der Waals surface area contributed by atoms with Gasteiger partial charge in [-0.1, -0.05) is 23.7 Å². The van der Waals surface area contributed by atoms with Crippen LogP contribution in [0, 0.1) is 0 Å². The Labute approximate surface area is 178 Å². The number of H-pyrrole nitrogens is 1. The summed E-state index contributed by atoms with van der Waals surface area (Å²) in [4.78, 5) is 16.9. The number of hydrogen-bond acceptors (Lipinski definition) is 6. The molecule has 5 N–H and O–H groups in total. The standard InChI is InChI=1S/C20H24ClN5O4/c1-20(2,29)9-14(11-4-6-12(21)7-5-11)23-19(28)24-16-8-13-17(15(10-27)22-16)18(30-3)26-25-13/h4-8,14,27,29H,9-10H2,1-3H3,(H,25,26)(H2,22,23,24,28)/t14-/m0/s1. The molecule has 0 bridgehead atoms. The topological polar surface area (TPSA) is 132 Å². The van der Waals surface area contributed by atoms with Crippen LogP contribution in [-0.4, -0.2) is 44.1 Å². The van der Waals surface area contributed by atoms with Gasteiger partial charge in [-0.2, -0.15) is 0 Å². The van der Waals surface area contributed by atoms with Crippen LogP contribution in [0.15, 0.2) is 30.3 Å². The van der Waals surface area contributed by atoms with E-state index in [1.807, 2.05) is 0 Å². The highest BCUT2D eigenvalue weighted by Gasteiger charge is 2.24. The zero-order chi connectivity index (χ0) is 21.9. The van der Waals surface area contributed by atoms with Crippen LogP contribution in [0.2, 0.25) is 5.02 Å². The highest BCUT2D eigenvalue weighted by atomic mass is 35.5. The number of aromatic nitrogens is 3. The molecule has 1 atom stereocenters. The number of amides is 2. The number of carbonyl (C=O) groups excluding carboxylic acids is 1. The normalized spacial score (nSPS) is 12.6.